The summed E-state index contributed by atoms with van der Waals surface area (Å²) in [4.78, 5) is -0.363. The summed E-state index contributed by atoms with van der Waals surface area (Å²) in [6.07, 6.45) is 1.71. The third-order valence-corrected chi connectivity index (χ3v) is 4.31. The maximum Gasteiger partial charge on any atom is 0.243 e. The van der Waals surface area contributed by atoms with Crippen molar-refractivity contribution in [2.24, 2.45) is 7.05 Å². The van der Waals surface area contributed by atoms with Crippen LogP contribution in [0.4, 0.5) is 4.39 Å². The molecule has 1 aromatic heterocycles. The number of benzene rings is 1. The average Bonchev–Trinajstić information content (AvgIpc) is 2.83. The number of rotatable bonds is 6. The molecule has 0 spiro atoms. The van der Waals surface area contributed by atoms with Gasteiger partial charge < -0.3 is 5.32 Å². The summed E-state index contributed by atoms with van der Waals surface area (Å²) in [5.41, 5.74) is 1.24. The molecule has 1 heterocycles. The molecule has 2 aromatic rings. The quantitative estimate of drug-likeness (QED) is 0.825. The minimum absolute atomic E-state index is 0.0148. The Morgan fingerprint density at radius 1 is 1.29 bits per heavy atom. The maximum absolute atomic E-state index is 13.9. The smallest absolute Gasteiger partial charge is 0.243 e. The van der Waals surface area contributed by atoms with Crippen LogP contribution in [0, 0.1) is 5.82 Å². The molecule has 8 heteroatoms. The second-order valence-corrected chi connectivity index (χ2v) is 6.34. The lowest BCUT2D eigenvalue weighted by molar-refractivity contribution is 0.554. The molecule has 2 rings (SSSR count). The Hall–Kier alpha value is -1.77. The van der Waals surface area contributed by atoms with Gasteiger partial charge in [0, 0.05) is 19.8 Å². The van der Waals surface area contributed by atoms with Gasteiger partial charge in [-0.2, -0.15) is 5.10 Å². The fourth-order valence-corrected chi connectivity index (χ4v) is 2.94. The molecule has 0 radical (unpaired) electrons. The number of aryl methyl sites for hydroxylation is 1. The second kappa shape index (κ2) is 6.33. The lowest BCUT2D eigenvalue weighted by Gasteiger charge is -2.08. The Balaban J connectivity index is 2.15. The highest BCUT2D eigenvalue weighted by molar-refractivity contribution is 7.89. The zero-order valence-electron chi connectivity index (χ0n) is 11.8. The molecule has 21 heavy (non-hydrogen) atoms. The van der Waals surface area contributed by atoms with Crippen molar-refractivity contribution in [1.29, 1.82) is 0 Å². The van der Waals surface area contributed by atoms with E-state index in [1.54, 1.807) is 37.1 Å². The number of halogens is 1. The average molecular weight is 312 g/mol. The van der Waals surface area contributed by atoms with Crippen molar-refractivity contribution < 1.29 is 12.8 Å². The van der Waals surface area contributed by atoms with Crippen LogP contribution in [0.3, 0.4) is 0 Å². The summed E-state index contributed by atoms with van der Waals surface area (Å²) in [7, 11) is -0.439. The molecular formula is C13H17FN4O2S. The fourth-order valence-electron chi connectivity index (χ4n) is 1.88. The molecule has 0 aliphatic carbocycles. The summed E-state index contributed by atoms with van der Waals surface area (Å²) in [5.74, 6) is -0.767. The lowest BCUT2D eigenvalue weighted by atomic mass is 10.2. The van der Waals surface area contributed by atoms with Gasteiger partial charge >= 0.3 is 0 Å². The third-order valence-electron chi connectivity index (χ3n) is 2.88. The van der Waals surface area contributed by atoms with Gasteiger partial charge in [0.1, 0.15) is 10.7 Å². The van der Waals surface area contributed by atoms with Crippen LogP contribution in [0.25, 0.3) is 0 Å². The van der Waals surface area contributed by atoms with E-state index in [-0.39, 0.29) is 11.4 Å². The Bertz CT molecular complexity index is 728. The van der Waals surface area contributed by atoms with Crippen molar-refractivity contribution in [2.45, 2.75) is 18.0 Å². The highest BCUT2D eigenvalue weighted by atomic mass is 32.2. The molecule has 0 saturated heterocycles. The van der Waals surface area contributed by atoms with E-state index < -0.39 is 15.8 Å². The van der Waals surface area contributed by atoms with E-state index in [0.29, 0.717) is 17.8 Å². The minimum Gasteiger partial charge on any atom is -0.316 e. The van der Waals surface area contributed by atoms with Crippen molar-refractivity contribution in [2.75, 3.05) is 7.05 Å². The van der Waals surface area contributed by atoms with E-state index in [1.165, 1.54) is 12.1 Å². The summed E-state index contributed by atoms with van der Waals surface area (Å²) in [6.45, 7) is 0.486. The zero-order valence-corrected chi connectivity index (χ0v) is 12.6. The number of sulfonamides is 1. The Labute approximate surface area is 123 Å². The monoisotopic (exact) mass is 312 g/mol. The molecule has 0 saturated carbocycles. The van der Waals surface area contributed by atoms with Crippen LogP contribution in [-0.4, -0.2) is 25.2 Å². The van der Waals surface area contributed by atoms with Gasteiger partial charge in [0.25, 0.3) is 0 Å². The highest BCUT2D eigenvalue weighted by Crippen LogP contribution is 2.16. The maximum atomic E-state index is 13.9. The molecule has 6 nitrogen and oxygen atoms in total. The molecule has 0 fully saturated rings. The largest absolute Gasteiger partial charge is 0.316 e. The Morgan fingerprint density at radius 3 is 2.62 bits per heavy atom. The van der Waals surface area contributed by atoms with Gasteiger partial charge in [-0.3, -0.25) is 4.68 Å². The molecule has 114 valence electrons. The second-order valence-electron chi connectivity index (χ2n) is 4.60. The van der Waals surface area contributed by atoms with Gasteiger partial charge in [-0.15, -0.1) is 0 Å². The van der Waals surface area contributed by atoms with Crippen LogP contribution < -0.4 is 10.0 Å². The van der Waals surface area contributed by atoms with E-state index in [2.05, 4.69) is 15.1 Å². The van der Waals surface area contributed by atoms with Gasteiger partial charge in [-0.1, -0.05) is 6.07 Å². The predicted molar refractivity (Wildman–Crippen MR) is 76.4 cm³/mol. The summed E-state index contributed by atoms with van der Waals surface area (Å²) < 4.78 is 42.0. The molecule has 0 bridgehead atoms. The van der Waals surface area contributed by atoms with Crippen LogP contribution in [-0.2, 0) is 30.2 Å². The van der Waals surface area contributed by atoms with Gasteiger partial charge in [0.2, 0.25) is 10.0 Å². The van der Waals surface area contributed by atoms with Crippen molar-refractivity contribution in [3.05, 3.63) is 47.5 Å². The molecule has 0 amide bonds. The van der Waals surface area contributed by atoms with Gasteiger partial charge in [0.05, 0.1) is 12.2 Å². The van der Waals surface area contributed by atoms with Crippen LogP contribution >= 0.6 is 0 Å². The molecule has 1 aromatic carbocycles. The molecule has 0 atom stereocenters. The Morgan fingerprint density at radius 2 is 2.05 bits per heavy atom. The van der Waals surface area contributed by atoms with E-state index in [0.717, 1.165) is 0 Å². The van der Waals surface area contributed by atoms with Gasteiger partial charge in [0.15, 0.2) is 0 Å². The Kier molecular flexibility index (Phi) is 4.71. The first-order valence-electron chi connectivity index (χ1n) is 6.33. The number of hydrogen-bond acceptors (Lipinski definition) is 4. The summed E-state index contributed by atoms with van der Waals surface area (Å²) >= 11 is 0. The molecule has 0 aliphatic rings. The van der Waals surface area contributed by atoms with Crippen molar-refractivity contribution >= 4 is 10.0 Å². The summed E-state index contributed by atoms with van der Waals surface area (Å²) in [5, 5.41) is 6.93. The fraction of sp³-hybridized carbons (Fsp3) is 0.308. The molecular weight excluding hydrogens is 295 g/mol. The minimum atomic E-state index is -3.91. The van der Waals surface area contributed by atoms with E-state index >= 15 is 0 Å². The number of nitrogens with one attached hydrogen (secondary N) is 2. The summed E-state index contributed by atoms with van der Waals surface area (Å²) in [6, 6.07) is 5.75. The van der Waals surface area contributed by atoms with Crippen molar-refractivity contribution in [1.82, 2.24) is 19.8 Å². The van der Waals surface area contributed by atoms with Crippen LogP contribution in [0.2, 0.25) is 0 Å². The van der Waals surface area contributed by atoms with E-state index in [4.69, 9.17) is 0 Å². The molecule has 2 N–H and O–H groups in total. The number of hydrogen-bond donors (Lipinski definition) is 2. The van der Waals surface area contributed by atoms with Crippen molar-refractivity contribution in [3.63, 3.8) is 0 Å². The molecule has 0 aliphatic heterocycles. The SMILES string of the molecule is CNCc1ccc(S(=O)(=O)NCc2ccn(C)n2)c(F)c1. The van der Waals surface area contributed by atoms with Gasteiger partial charge in [-0.05, 0) is 30.8 Å². The lowest BCUT2D eigenvalue weighted by Crippen LogP contribution is -2.24. The third kappa shape index (κ3) is 3.87. The number of aromatic nitrogens is 2. The molecule has 0 unspecified atom stereocenters. The first-order chi connectivity index (χ1) is 9.92. The van der Waals surface area contributed by atoms with Crippen LogP contribution in [0.5, 0.6) is 0 Å². The topological polar surface area (TPSA) is 76.0 Å². The normalized spacial score (nSPS) is 11.8. The van der Waals surface area contributed by atoms with E-state index in [1.807, 2.05) is 0 Å². The predicted octanol–water partition coefficient (Wildman–Crippen LogP) is 0.757. The van der Waals surface area contributed by atoms with Crippen molar-refractivity contribution in [3.8, 4) is 0 Å². The first kappa shape index (κ1) is 15.6. The van der Waals surface area contributed by atoms with E-state index in [9.17, 15) is 12.8 Å². The van der Waals surface area contributed by atoms with Gasteiger partial charge in [-0.25, -0.2) is 17.5 Å². The highest BCUT2D eigenvalue weighted by Gasteiger charge is 2.19. The van der Waals surface area contributed by atoms with Crippen LogP contribution in [0.15, 0.2) is 35.4 Å². The first-order valence-corrected chi connectivity index (χ1v) is 7.82. The number of nitrogens with zero attached hydrogens (tertiary/aromatic N) is 2. The standard InChI is InChI=1S/C13H17FN4O2S/c1-15-8-10-3-4-13(12(14)7-10)21(19,20)16-9-11-5-6-18(2)17-11/h3-7,15-16H,8-9H2,1-2H3. The van der Waals surface area contributed by atoms with Crippen LogP contribution in [0.1, 0.15) is 11.3 Å². The zero-order chi connectivity index (χ0) is 15.5.